The Kier molecular flexibility index (Phi) is 5.04. The molecule has 0 bridgehead atoms. The lowest BCUT2D eigenvalue weighted by Crippen LogP contribution is -2.36. The maximum Gasteiger partial charge on any atom is 0.241 e. The Morgan fingerprint density at radius 2 is 2.06 bits per heavy atom. The molecule has 18 heavy (non-hydrogen) atoms. The Morgan fingerprint density at radius 3 is 2.72 bits per heavy atom. The fourth-order valence-corrected chi connectivity index (χ4v) is 3.25. The smallest absolute Gasteiger partial charge is 0.241 e. The summed E-state index contributed by atoms with van der Waals surface area (Å²) < 4.78 is 0. The fraction of sp³-hybridized carbons (Fsp3) is 0.933. The minimum Gasteiger partial charge on any atom is -0.329 e. The first-order valence-electron chi connectivity index (χ1n) is 7.74. The van der Waals surface area contributed by atoms with Gasteiger partial charge in [0.05, 0.1) is 12.7 Å². The highest BCUT2D eigenvalue weighted by atomic mass is 16.2. The van der Waals surface area contributed by atoms with Crippen molar-refractivity contribution in [1.29, 1.82) is 0 Å². The maximum atomic E-state index is 12.2. The molecule has 2 unspecified atom stereocenters. The first-order valence-corrected chi connectivity index (χ1v) is 7.74. The molecule has 2 atom stereocenters. The molecule has 104 valence electrons. The zero-order chi connectivity index (χ0) is 13.0. The first kappa shape index (κ1) is 13.9. The monoisotopic (exact) mass is 252 g/mol. The summed E-state index contributed by atoms with van der Waals surface area (Å²) in [5.74, 6) is 1.66. The van der Waals surface area contributed by atoms with Crippen molar-refractivity contribution in [3.05, 3.63) is 0 Å². The van der Waals surface area contributed by atoms with E-state index >= 15 is 0 Å². The van der Waals surface area contributed by atoms with Crippen LogP contribution in [0.5, 0.6) is 0 Å². The van der Waals surface area contributed by atoms with Crippen LogP contribution in [0.15, 0.2) is 0 Å². The van der Waals surface area contributed by atoms with Gasteiger partial charge in [-0.3, -0.25) is 10.1 Å². The summed E-state index contributed by atoms with van der Waals surface area (Å²) in [6, 6.07) is 0.0707. The number of nitrogens with one attached hydrogen (secondary N) is 1. The molecule has 1 heterocycles. The average Bonchev–Trinajstić information content (AvgIpc) is 2.78. The van der Waals surface area contributed by atoms with Crippen LogP contribution in [0.3, 0.4) is 0 Å². The number of carbonyl (C=O) groups is 1. The van der Waals surface area contributed by atoms with Crippen molar-refractivity contribution in [2.45, 2.75) is 64.8 Å². The first-order chi connectivity index (χ1) is 8.72. The molecule has 2 rings (SSSR count). The third-order valence-corrected chi connectivity index (χ3v) is 4.82. The van der Waals surface area contributed by atoms with Gasteiger partial charge in [0.15, 0.2) is 0 Å². The van der Waals surface area contributed by atoms with E-state index in [4.69, 9.17) is 0 Å². The molecular formula is C15H28N2O. The number of amides is 1. The van der Waals surface area contributed by atoms with E-state index < -0.39 is 0 Å². The standard InChI is InChI=1S/C15H28N2O/c1-3-12(2)14-15(18)17(11-16-14)10-9-13-7-5-4-6-8-13/h12-14,16H,3-11H2,1-2H3. The van der Waals surface area contributed by atoms with E-state index in [0.29, 0.717) is 11.8 Å². The molecule has 0 aromatic rings. The second-order valence-corrected chi connectivity index (χ2v) is 6.12. The average molecular weight is 252 g/mol. The minimum absolute atomic E-state index is 0.0707. The lowest BCUT2D eigenvalue weighted by molar-refractivity contribution is -0.130. The van der Waals surface area contributed by atoms with Gasteiger partial charge in [-0.05, 0) is 18.3 Å². The zero-order valence-electron chi connectivity index (χ0n) is 12.0. The molecule has 0 spiro atoms. The second-order valence-electron chi connectivity index (χ2n) is 6.12. The van der Waals surface area contributed by atoms with E-state index in [1.807, 2.05) is 4.90 Å². The van der Waals surface area contributed by atoms with Crippen LogP contribution in [-0.2, 0) is 4.79 Å². The van der Waals surface area contributed by atoms with E-state index in [1.165, 1.54) is 38.5 Å². The topological polar surface area (TPSA) is 32.3 Å². The maximum absolute atomic E-state index is 12.2. The van der Waals surface area contributed by atoms with Crippen LogP contribution >= 0.6 is 0 Å². The molecule has 1 aliphatic heterocycles. The molecule has 1 amide bonds. The summed E-state index contributed by atoms with van der Waals surface area (Å²) in [5, 5.41) is 3.37. The van der Waals surface area contributed by atoms with E-state index in [2.05, 4.69) is 19.2 Å². The summed E-state index contributed by atoms with van der Waals surface area (Å²) in [6.45, 7) is 6.05. The van der Waals surface area contributed by atoms with Gasteiger partial charge in [-0.25, -0.2) is 0 Å². The number of rotatable bonds is 5. The van der Waals surface area contributed by atoms with Gasteiger partial charge in [0.1, 0.15) is 0 Å². The predicted octanol–water partition coefficient (Wildman–Crippen LogP) is 2.76. The highest BCUT2D eigenvalue weighted by molar-refractivity contribution is 5.84. The molecule has 1 saturated heterocycles. The lowest BCUT2D eigenvalue weighted by atomic mass is 9.87. The van der Waals surface area contributed by atoms with Crippen LogP contribution < -0.4 is 5.32 Å². The molecule has 3 nitrogen and oxygen atoms in total. The van der Waals surface area contributed by atoms with Crippen molar-refractivity contribution in [3.63, 3.8) is 0 Å². The van der Waals surface area contributed by atoms with E-state index in [0.717, 1.165) is 25.6 Å². The third kappa shape index (κ3) is 3.25. The summed E-state index contributed by atoms with van der Waals surface area (Å²) in [4.78, 5) is 14.3. The van der Waals surface area contributed by atoms with Crippen LogP contribution in [-0.4, -0.2) is 30.1 Å². The van der Waals surface area contributed by atoms with Gasteiger partial charge >= 0.3 is 0 Å². The van der Waals surface area contributed by atoms with Gasteiger partial charge in [0.25, 0.3) is 0 Å². The van der Waals surface area contributed by atoms with Crippen molar-refractivity contribution < 1.29 is 4.79 Å². The number of hydrogen-bond acceptors (Lipinski definition) is 2. The second kappa shape index (κ2) is 6.55. The van der Waals surface area contributed by atoms with Gasteiger partial charge in [0.2, 0.25) is 5.91 Å². The molecule has 3 heteroatoms. The molecule has 1 aliphatic carbocycles. The number of hydrogen-bond donors (Lipinski definition) is 1. The quantitative estimate of drug-likeness (QED) is 0.816. The van der Waals surface area contributed by atoms with Gasteiger partial charge in [0, 0.05) is 6.54 Å². The Labute approximate surface area is 111 Å². The molecule has 2 aliphatic rings. The van der Waals surface area contributed by atoms with Crippen LogP contribution in [0, 0.1) is 11.8 Å². The van der Waals surface area contributed by atoms with E-state index in [1.54, 1.807) is 0 Å². The lowest BCUT2D eigenvalue weighted by Gasteiger charge is -2.24. The summed E-state index contributed by atoms with van der Waals surface area (Å²) >= 11 is 0. The van der Waals surface area contributed by atoms with E-state index in [9.17, 15) is 4.79 Å². The minimum atomic E-state index is 0.0707. The molecule has 0 radical (unpaired) electrons. The Balaban J connectivity index is 1.75. The van der Waals surface area contributed by atoms with Crippen LogP contribution in [0.4, 0.5) is 0 Å². The molecule has 0 aromatic heterocycles. The number of carbonyl (C=O) groups excluding carboxylic acids is 1. The van der Waals surface area contributed by atoms with Gasteiger partial charge in [-0.2, -0.15) is 0 Å². The van der Waals surface area contributed by atoms with Crippen molar-refractivity contribution in [3.8, 4) is 0 Å². The van der Waals surface area contributed by atoms with Crippen LogP contribution in [0.25, 0.3) is 0 Å². The van der Waals surface area contributed by atoms with Crippen molar-refractivity contribution in [2.24, 2.45) is 11.8 Å². The third-order valence-electron chi connectivity index (χ3n) is 4.82. The van der Waals surface area contributed by atoms with Gasteiger partial charge < -0.3 is 4.90 Å². The predicted molar refractivity (Wildman–Crippen MR) is 74.2 cm³/mol. The van der Waals surface area contributed by atoms with Gasteiger partial charge in [-0.15, -0.1) is 0 Å². The molecule has 0 aromatic carbocycles. The highest BCUT2D eigenvalue weighted by Crippen LogP contribution is 2.27. The largest absolute Gasteiger partial charge is 0.329 e. The fourth-order valence-electron chi connectivity index (χ4n) is 3.25. The summed E-state index contributed by atoms with van der Waals surface area (Å²) in [6.07, 6.45) is 9.24. The van der Waals surface area contributed by atoms with Crippen molar-refractivity contribution in [2.75, 3.05) is 13.2 Å². The normalized spacial score (nSPS) is 27.8. The van der Waals surface area contributed by atoms with Crippen LogP contribution in [0.2, 0.25) is 0 Å². The molecular weight excluding hydrogens is 224 g/mol. The van der Waals surface area contributed by atoms with E-state index in [-0.39, 0.29) is 6.04 Å². The molecule has 1 saturated carbocycles. The Bertz CT molecular complexity index is 274. The number of nitrogens with zero attached hydrogens (tertiary/aromatic N) is 1. The summed E-state index contributed by atoms with van der Waals surface area (Å²) in [7, 11) is 0. The van der Waals surface area contributed by atoms with Crippen molar-refractivity contribution >= 4 is 5.91 Å². The van der Waals surface area contributed by atoms with Crippen LogP contribution in [0.1, 0.15) is 58.8 Å². The molecule has 2 fully saturated rings. The Hall–Kier alpha value is -0.570. The van der Waals surface area contributed by atoms with Crippen molar-refractivity contribution in [1.82, 2.24) is 10.2 Å². The molecule has 1 N–H and O–H groups in total. The highest BCUT2D eigenvalue weighted by Gasteiger charge is 2.34. The SMILES string of the molecule is CCC(C)C1NCN(CCC2CCCCC2)C1=O. The van der Waals surface area contributed by atoms with Gasteiger partial charge in [-0.1, -0.05) is 52.4 Å². The Morgan fingerprint density at radius 1 is 1.33 bits per heavy atom. The zero-order valence-corrected chi connectivity index (χ0v) is 12.0. The summed E-state index contributed by atoms with van der Waals surface area (Å²) in [5.41, 5.74) is 0.